The van der Waals surface area contributed by atoms with Crippen LogP contribution in [-0.4, -0.2) is 29.9 Å². The molecule has 0 unspecified atom stereocenters. The Labute approximate surface area is 95.4 Å². The lowest BCUT2D eigenvalue weighted by Crippen LogP contribution is -2.34. The van der Waals surface area contributed by atoms with Crippen LogP contribution in [0.3, 0.4) is 0 Å². The Morgan fingerprint density at radius 1 is 1.40 bits per heavy atom. The quantitative estimate of drug-likeness (QED) is 0.842. The van der Waals surface area contributed by atoms with Crippen molar-refractivity contribution in [3.8, 4) is 0 Å². The topological polar surface area (TPSA) is 49.4 Å². The van der Waals surface area contributed by atoms with Gasteiger partial charge in [-0.3, -0.25) is 9.69 Å². The Morgan fingerprint density at radius 2 is 2.13 bits per heavy atom. The molecule has 1 saturated heterocycles. The predicted molar refractivity (Wildman–Crippen MR) is 58.6 cm³/mol. The van der Waals surface area contributed by atoms with Gasteiger partial charge < -0.3 is 5.32 Å². The molecular weight excluding hydrogens is 260 g/mol. The van der Waals surface area contributed by atoms with Crippen LogP contribution >= 0.6 is 15.9 Å². The van der Waals surface area contributed by atoms with Crippen LogP contribution in [-0.2, 0) is 0 Å². The normalized spacial score (nSPS) is 15.3. The van der Waals surface area contributed by atoms with Gasteiger partial charge in [-0.1, -0.05) is 12.1 Å². The van der Waals surface area contributed by atoms with E-state index in [1.807, 2.05) is 6.07 Å². The number of urea groups is 1. The number of carbonyl (C=O) groups excluding carboxylic acids is 2. The molecule has 78 valence electrons. The van der Waals surface area contributed by atoms with Gasteiger partial charge >= 0.3 is 6.03 Å². The Balaban J connectivity index is 2.28. The summed E-state index contributed by atoms with van der Waals surface area (Å²) in [5.41, 5.74) is 0.509. The monoisotopic (exact) mass is 268 g/mol. The van der Waals surface area contributed by atoms with E-state index < -0.39 is 0 Å². The summed E-state index contributed by atoms with van der Waals surface area (Å²) in [5, 5.41) is 2.59. The molecule has 0 bridgehead atoms. The van der Waals surface area contributed by atoms with E-state index in [1.165, 1.54) is 4.90 Å². The molecular formula is C10H9BrN2O2. The molecule has 0 atom stereocenters. The van der Waals surface area contributed by atoms with Crippen molar-refractivity contribution in [2.75, 3.05) is 13.1 Å². The van der Waals surface area contributed by atoms with E-state index in [-0.39, 0.29) is 11.9 Å². The molecule has 0 aliphatic carbocycles. The van der Waals surface area contributed by atoms with Gasteiger partial charge in [0.2, 0.25) is 0 Å². The van der Waals surface area contributed by atoms with Crippen LogP contribution in [0.4, 0.5) is 4.79 Å². The fourth-order valence-electron chi connectivity index (χ4n) is 1.45. The Hall–Kier alpha value is -1.36. The molecule has 4 nitrogen and oxygen atoms in total. The molecule has 1 heterocycles. The second-order valence-corrected chi connectivity index (χ2v) is 4.02. The maximum absolute atomic E-state index is 11.9. The first-order valence-corrected chi connectivity index (χ1v) is 5.33. The third-order valence-corrected chi connectivity index (χ3v) is 2.90. The minimum Gasteiger partial charge on any atom is -0.336 e. The van der Waals surface area contributed by atoms with Gasteiger partial charge in [-0.05, 0) is 28.1 Å². The number of nitrogens with one attached hydrogen (secondary N) is 1. The molecule has 2 rings (SSSR count). The number of imide groups is 1. The first-order chi connectivity index (χ1) is 7.20. The maximum Gasteiger partial charge on any atom is 0.324 e. The summed E-state index contributed by atoms with van der Waals surface area (Å²) in [4.78, 5) is 24.4. The van der Waals surface area contributed by atoms with Crippen molar-refractivity contribution in [1.82, 2.24) is 10.2 Å². The molecule has 1 aromatic rings. The number of rotatable bonds is 1. The highest BCUT2D eigenvalue weighted by atomic mass is 79.9. The van der Waals surface area contributed by atoms with Gasteiger partial charge in [-0.15, -0.1) is 0 Å². The fourth-order valence-corrected chi connectivity index (χ4v) is 1.90. The number of amides is 3. The molecule has 1 aliphatic rings. The molecule has 1 N–H and O–H groups in total. The zero-order valence-electron chi connectivity index (χ0n) is 7.87. The number of carbonyl (C=O) groups is 2. The predicted octanol–water partition coefficient (Wildman–Crippen LogP) is 1.61. The van der Waals surface area contributed by atoms with Crippen molar-refractivity contribution in [3.63, 3.8) is 0 Å². The van der Waals surface area contributed by atoms with E-state index in [2.05, 4.69) is 21.2 Å². The zero-order valence-corrected chi connectivity index (χ0v) is 9.45. The van der Waals surface area contributed by atoms with Crippen LogP contribution in [0.1, 0.15) is 10.4 Å². The van der Waals surface area contributed by atoms with Crippen molar-refractivity contribution in [2.24, 2.45) is 0 Å². The molecule has 15 heavy (non-hydrogen) atoms. The standard InChI is InChI=1S/C10H9BrN2O2/c11-8-4-2-1-3-7(8)9(14)13-6-5-12-10(13)15/h1-4H,5-6H2,(H,12,15). The first kappa shape index (κ1) is 10.2. The van der Waals surface area contributed by atoms with Gasteiger partial charge in [0, 0.05) is 17.6 Å². The minimum absolute atomic E-state index is 0.266. The van der Waals surface area contributed by atoms with Crippen molar-refractivity contribution < 1.29 is 9.59 Å². The summed E-state index contributed by atoms with van der Waals surface area (Å²) < 4.78 is 0.703. The summed E-state index contributed by atoms with van der Waals surface area (Å²) in [6.45, 7) is 0.952. The van der Waals surface area contributed by atoms with Crippen LogP contribution in [0.5, 0.6) is 0 Å². The Kier molecular flexibility index (Phi) is 2.73. The third kappa shape index (κ3) is 1.87. The van der Waals surface area contributed by atoms with Crippen molar-refractivity contribution in [2.45, 2.75) is 0 Å². The van der Waals surface area contributed by atoms with Gasteiger partial charge in [0.1, 0.15) is 0 Å². The number of nitrogens with zero attached hydrogens (tertiary/aromatic N) is 1. The lowest BCUT2D eigenvalue weighted by atomic mass is 10.2. The van der Waals surface area contributed by atoms with E-state index in [4.69, 9.17) is 0 Å². The van der Waals surface area contributed by atoms with Crippen LogP contribution in [0.25, 0.3) is 0 Å². The first-order valence-electron chi connectivity index (χ1n) is 4.54. The van der Waals surface area contributed by atoms with Crippen molar-refractivity contribution >= 4 is 27.9 Å². The van der Waals surface area contributed by atoms with Crippen LogP contribution < -0.4 is 5.32 Å². The summed E-state index contributed by atoms with van der Waals surface area (Å²) >= 11 is 3.28. The van der Waals surface area contributed by atoms with E-state index in [0.29, 0.717) is 23.1 Å². The molecule has 1 fully saturated rings. The lowest BCUT2D eigenvalue weighted by molar-refractivity contribution is 0.0828. The molecule has 1 aromatic carbocycles. The van der Waals surface area contributed by atoms with E-state index in [0.717, 1.165) is 0 Å². The van der Waals surface area contributed by atoms with E-state index in [9.17, 15) is 9.59 Å². The number of halogens is 1. The maximum atomic E-state index is 11.9. The molecule has 0 radical (unpaired) electrons. The summed E-state index contributed by atoms with van der Waals surface area (Å²) in [6.07, 6.45) is 0. The van der Waals surface area contributed by atoms with Gasteiger partial charge in [0.05, 0.1) is 5.56 Å². The zero-order chi connectivity index (χ0) is 10.8. The summed E-state index contributed by atoms with van der Waals surface area (Å²) in [7, 11) is 0. The number of hydrogen-bond acceptors (Lipinski definition) is 2. The highest BCUT2D eigenvalue weighted by Gasteiger charge is 2.27. The van der Waals surface area contributed by atoms with Crippen LogP contribution in [0.15, 0.2) is 28.7 Å². The molecule has 0 aromatic heterocycles. The smallest absolute Gasteiger partial charge is 0.324 e. The minimum atomic E-state index is -0.323. The Morgan fingerprint density at radius 3 is 2.73 bits per heavy atom. The highest BCUT2D eigenvalue weighted by molar-refractivity contribution is 9.10. The SMILES string of the molecule is O=C1NCCN1C(=O)c1ccccc1Br. The average molecular weight is 269 g/mol. The largest absolute Gasteiger partial charge is 0.336 e. The average Bonchev–Trinajstić information content (AvgIpc) is 2.64. The van der Waals surface area contributed by atoms with Crippen molar-refractivity contribution in [3.05, 3.63) is 34.3 Å². The second kappa shape index (κ2) is 4.02. The van der Waals surface area contributed by atoms with Crippen LogP contribution in [0, 0.1) is 0 Å². The van der Waals surface area contributed by atoms with Gasteiger partial charge in [0.25, 0.3) is 5.91 Å². The van der Waals surface area contributed by atoms with E-state index >= 15 is 0 Å². The molecule has 1 aliphatic heterocycles. The molecule has 0 saturated carbocycles. The summed E-state index contributed by atoms with van der Waals surface area (Å²) in [5.74, 6) is -0.266. The number of hydrogen-bond donors (Lipinski definition) is 1. The fraction of sp³-hybridized carbons (Fsp3) is 0.200. The van der Waals surface area contributed by atoms with Gasteiger partial charge in [-0.2, -0.15) is 0 Å². The third-order valence-electron chi connectivity index (χ3n) is 2.21. The van der Waals surface area contributed by atoms with Gasteiger partial charge in [-0.25, -0.2) is 4.79 Å². The number of benzene rings is 1. The molecule has 3 amide bonds. The molecule has 5 heteroatoms. The van der Waals surface area contributed by atoms with Gasteiger partial charge in [0.15, 0.2) is 0 Å². The summed E-state index contributed by atoms with van der Waals surface area (Å²) in [6, 6.07) is 6.74. The van der Waals surface area contributed by atoms with E-state index in [1.54, 1.807) is 18.2 Å². The van der Waals surface area contributed by atoms with Crippen LogP contribution in [0.2, 0.25) is 0 Å². The lowest BCUT2D eigenvalue weighted by Gasteiger charge is -2.12. The Bertz CT molecular complexity index is 420. The second-order valence-electron chi connectivity index (χ2n) is 3.17. The molecule has 0 spiro atoms. The van der Waals surface area contributed by atoms with Crippen molar-refractivity contribution in [1.29, 1.82) is 0 Å². The highest BCUT2D eigenvalue weighted by Crippen LogP contribution is 2.18.